The van der Waals surface area contributed by atoms with Crippen LogP contribution >= 0.6 is 11.6 Å². The van der Waals surface area contributed by atoms with Crippen LogP contribution in [-0.2, 0) is 6.18 Å². The van der Waals surface area contributed by atoms with Gasteiger partial charge in [-0.15, -0.1) is 0 Å². The SMILES string of the molecule is C[C@H](NC(=O)c1cc(Cl)cc(C(F)(F)F)c1)c1ncnn1-c1ccc(C(=O)N(C)CC#N)cn1. The number of alkyl halides is 3. The molecule has 3 rings (SSSR count). The van der Waals surface area contributed by atoms with Gasteiger partial charge in [0.15, 0.2) is 11.6 Å². The number of nitriles is 1. The van der Waals surface area contributed by atoms with Crippen molar-refractivity contribution in [2.45, 2.75) is 19.1 Å². The number of benzene rings is 1. The van der Waals surface area contributed by atoms with Gasteiger partial charge >= 0.3 is 6.18 Å². The van der Waals surface area contributed by atoms with E-state index >= 15 is 0 Å². The van der Waals surface area contributed by atoms with Crippen molar-refractivity contribution in [3.63, 3.8) is 0 Å². The van der Waals surface area contributed by atoms with Crippen LogP contribution in [0, 0.1) is 11.3 Å². The molecule has 2 heterocycles. The molecule has 34 heavy (non-hydrogen) atoms. The van der Waals surface area contributed by atoms with E-state index in [2.05, 4.69) is 20.4 Å². The van der Waals surface area contributed by atoms with Gasteiger partial charge in [0.25, 0.3) is 11.8 Å². The summed E-state index contributed by atoms with van der Waals surface area (Å²) in [6.07, 6.45) is -2.13. The number of amides is 2. The molecule has 176 valence electrons. The average Bonchev–Trinajstić information content (AvgIpc) is 3.28. The first kappa shape index (κ1) is 24.7. The number of aromatic nitrogens is 4. The maximum atomic E-state index is 13.0. The maximum Gasteiger partial charge on any atom is 0.416 e. The molecular formula is C21H17ClF3N7O2. The van der Waals surface area contributed by atoms with Gasteiger partial charge in [0, 0.05) is 23.8 Å². The number of carbonyl (C=O) groups is 2. The Kier molecular flexibility index (Phi) is 7.17. The Balaban J connectivity index is 1.79. The zero-order valence-corrected chi connectivity index (χ0v) is 18.6. The van der Waals surface area contributed by atoms with Gasteiger partial charge in [-0.2, -0.15) is 28.2 Å². The number of hydrogen-bond donors (Lipinski definition) is 1. The van der Waals surface area contributed by atoms with Crippen LogP contribution < -0.4 is 5.32 Å². The predicted octanol–water partition coefficient (Wildman–Crippen LogP) is 3.42. The Labute approximate surface area is 196 Å². The molecule has 0 radical (unpaired) electrons. The van der Waals surface area contributed by atoms with Crippen LogP contribution in [0.4, 0.5) is 13.2 Å². The number of nitrogens with zero attached hydrogens (tertiary/aromatic N) is 6. The minimum absolute atomic E-state index is 0.0812. The second-order valence-electron chi connectivity index (χ2n) is 7.18. The highest BCUT2D eigenvalue weighted by molar-refractivity contribution is 6.31. The molecule has 1 N–H and O–H groups in total. The summed E-state index contributed by atoms with van der Waals surface area (Å²) in [7, 11) is 1.48. The fraction of sp³-hybridized carbons (Fsp3) is 0.238. The first-order chi connectivity index (χ1) is 16.0. The lowest BCUT2D eigenvalue weighted by molar-refractivity contribution is -0.137. The highest BCUT2D eigenvalue weighted by atomic mass is 35.5. The maximum absolute atomic E-state index is 13.0. The first-order valence-corrected chi connectivity index (χ1v) is 10.1. The number of pyridine rings is 1. The van der Waals surface area contributed by atoms with Crippen molar-refractivity contribution in [2.24, 2.45) is 0 Å². The third-order valence-corrected chi connectivity index (χ3v) is 4.88. The molecule has 0 aliphatic heterocycles. The van der Waals surface area contributed by atoms with Gasteiger partial charge in [0.05, 0.1) is 23.2 Å². The van der Waals surface area contributed by atoms with Gasteiger partial charge in [-0.1, -0.05) is 11.6 Å². The van der Waals surface area contributed by atoms with Crippen LogP contribution in [0.15, 0.2) is 42.9 Å². The topological polar surface area (TPSA) is 117 Å². The normalized spacial score (nSPS) is 12.0. The number of carbonyl (C=O) groups excluding carboxylic acids is 2. The predicted molar refractivity (Wildman–Crippen MR) is 114 cm³/mol. The van der Waals surface area contributed by atoms with Gasteiger partial charge in [0.2, 0.25) is 0 Å². The van der Waals surface area contributed by atoms with Crippen LogP contribution in [0.3, 0.4) is 0 Å². The molecule has 9 nitrogen and oxygen atoms in total. The van der Waals surface area contributed by atoms with Crippen molar-refractivity contribution in [2.75, 3.05) is 13.6 Å². The molecule has 3 aromatic rings. The number of halogens is 4. The minimum atomic E-state index is -4.66. The summed E-state index contributed by atoms with van der Waals surface area (Å²) in [5, 5.41) is 15.1. The van der Waals surface area contributed by atoms with Gasteiger partial charge < -0.3 is 10.2 Å². The summed E-state index contributed by atoms with van der Waals surface area (Å²) in [5.74, 6) is -0.640. The van der Waals surface area contributed by atoms with Crippen molar-refractivity contribution < 1.29 is 22.8 Å². The molecule has 0 aliphatic rings. The van der Waals surface area contributed by atoms with Gasteiger partial charge in [-0.3, -0.25) is 9.59 Å². The molecule has 2 aromatic heterocycles. The molecule has 0 saturated carbocycles. The Morgan fingerprint density at radius 2 is 1.97 bits per heavy atom. The van der Waals surface area contributed by atoms with E-state index in [1.807, 2.05) is 6.07 Å². The van der Waals surface area contributed by atoms with Crippen LogP contribution in [0.2, 0.25) is 5.02 Å². The molecule has 13 heteroatoms. The standard InChI is InChI=1S/C21H17ClF3N7O2/c1-12(30-19(33)14-7-15(21(23,24)25)9-16(22)8-14)18-28-11-29-32(18)17-4-3-13(10-27-17)20(34)31(2)6-5-26/h3-4,7-12H,6H2,1-2H3,(H,30,33)/t12-/m0/s1. The van der Waals surface area contributed by atoms with E-state index in [4.69, 9.17) is 16.9 Å². The third kappa shape index (κ3) is 5.49. The van der Waals surface area contributed by atoms with E-state index in [0.29, 0.717) is 6.07 Å². The van der Waals surface area contributed by atoms with E-state index in [9.17, 15) is 22.8 Å². The van der Waals surface area contributed by atoms with Crippen LogP contribution in [-0.4, -0.2) is 50.1 Å². The summed E-state index contributed by atoms with van der Waals surface area (Å²) >= 11 is 5.76. The molecule has 1 atom stereocenters. The third-order valence-electron chi connectivity index (χ3n) is 4.66. The summed E-state index contributed by atoms with van der Waals surface area (Å²) in [6.45, 7) is 1.49. The van der Waals surface area contributed by atoms with Crippen molar-refractivity contribution >= 4 is 23.4 Å². The lowest BCUT2D eigenvalue weighted by Crippen LogP contribution is -2.29. The molecule has 0 bridgehead atoms. The fourth-order valence-corrected chi connectivity index (χ4v) is 3.22. The Hall–Kier alpha value is -3.98. The molecule has 0 unspecified atom stereocenters. The van der Waals surface area contributed by atoms with E-state index in [1.165, 1.54) is 41.3 Å². The first-order valence-electron chi connectivity index (χ1n) is 9.68. The summed E-state index contributed by atoms with van der Waals surface area (Å²) < 4.78 is 40.4. The number of nitrogens with one attached hydrogen (secondary N) is 1. The van der Waals surface area contributed by atoms with Crippen molar-refractivity contribution in [1.82, 2.24) is 30.0 Å². The molecule has 2 amide bonds. The Morgan fingerprint density at radius 3 is 2.59 bits per heavy atom. The zero-order valence-electron chi connectivity index (χ0n) is 17.8. The van der Waals surface area contributed by atoms with E-state index < -0.39 is 23.7 Å². The molecule has 1 aromatic carbocycles. The zero-order chi connectivity index (χ0) is 25.0. The smallest absolute Gasteiger partial charge is 0.342 e. The largest absolute Gasteiger partial charge is 0.416 e. The van der Waals surface area contributed by atoms with E-state index in [0.717, 1.165) is 12.1 Å². The van der Waals surface area contributed by atoms with Gasteiger partial charge in [-0.25, -0.2) is 9.97 Å². The highest BCUT2D eigenvalue weighted by Crippen LogP contribution is 2.32. The Morgan fingerprint density at radius 1 is 1.24 bits per heavy atom. The molecule has 0 fully saturated rings. The van der Waals surface area contributed by atoms with Crippen molar-refractivity contribution in [3.8, 4) is 11.9 Å². The van der Waals surface area contributed by atoms with E-state index in [-0.39, 0.29) is 40.2 Å². The summed E-state index contributed by atoms with van der Waals surface area (Å²) in [4.78, 5) is 34.4. The number of hydrogen-bond acceptors (Lipinski definition) is 6. The second kappa shape index (κ2) is 9.88. The molecular weight excluding hydrogens is 475 g/mol. The fourth-order valence-electron chi connectivity index (χ4n) is 2.99. The van der Waals surface area contributed by atoms with Gasteiger partial charge in [0.1, 0.15) is 12.9 Å². The molecule has 0 spiro atoms. The summed E-state index contributed by atoms with van der Waals surface area (Å²) in [6, 6.07) is 6.68. The highest BCUT2D eigenvalue weighted by Gasteiger charge is 2.32. The quantitative estimate of drug-likeness (QED) is 0.528. The van der Waals surface area contributed by atoms with Crippen molar-refractivity contribution in [3.05, 3.63) is 70.4 Å². The number of rotatable bonds is 6. The average molecular weight is 492 g/mol. The molecule has 0 aliphatic carbocycles. The van der Waals surface area contributed by atoms with E-state index in [1.54, 1.807) is 6.92 Å². The lowest BCUT2D eigenvalue weighted by Gasteiger charge is -2.16. The lowest BCUT2D eigenvalue weighted by atomic mass is 10.1. The Bertz CT molecular complexity index is 1250. The van der Waals surface area contributed by atoms with Crippen molar-refractivity contribution in [1.29, 1.82) is 5.26 Å². The monoisotopic (exact) mass is 491 g/mol. The minimum Gasteiger partial charge on any atom is -0.342 e. The van der Waals surface area contributed by atoms with Crippen LogP contribution in [0.1, 0.15) is 45.1 Å². The summed E-state index contributed by atoms with van der Waals surface area (Å²) in [5.41, 5.74) is -1.05. The second-order valence-corrected chi connectivity index (χ2v) is 7.61. The van der Waals surface area contributed by atoms with Crippen LogP contribution in [0.25, 0.3) is 5.82 Å². The van der Waals surface area contributed by atoms with Gasteiger partial charge in [-0.05, 0) is 37.3 Å². The van der Waals surface area contributed by atoms with Crippen LogP contribution in [0.5, 0.6) is 0 Å². The molecule has 0 saturated heterocycles.